The van der Waals surface area contributed by atoms with E-state index in [9.17, 15) is 9.59 Å². The lowest BCUT2D eigenvalue weighted by atomic mass is 10.1. The number of hydrogen-bond donors (Lipinski definition) is 2. The van der Waals surface area contributed by atoms with E-state index in [4.69, 9.17) is 9.84 Å². The third-order valence-electron chi connectivity index (χ3n) is 2.47. The monoisotopic (exact) mass is 299 g/mol. The Morgan fingerprint density at radius 3 is 2.40 bits per heavy atom. The van der Waals surface area contributed by atoms with Crippen LogP contribution in [0.2, 0.25) is 0 Å². The summed E-state index contributed by atoms with van der Waals surface area (Å²) in [5, 5.41) is 11.6. The molecule has 0 radical (unpaired) electrons. The molecule has 0 saturated carbocycles. The Morgan fingerprint density at radius 2 is 2.00 bits per heavy atom. The molecule has 0 aliphatic heterocycles. The number of nitrogens with one attached hydrogen (secondary N) is 1. The van der Waals surface area contributed by atoms with Gasteiger partial charge < -0.3 is 15.2 Å². The lowest BCUT2D eigenvalue weighted by Crippen LogP contribution is -2.35. The van der Waals surface area contributed by atoms with Crippen molar-refractivity contribution in [2.45, 2.75) is 52.7 Å². The largest absolute Gasteiger partial charge is 0.481 e. The highest BCUT2D eigenvalue weighted by Gasteiger charge is 2.24. The summed E-state index contributed by atoms with van der Waals surface area (Å²) in [7, 11) is 0. The molecule has 1 aromatic rings. The second-order valence-corrected chi connectivity index (χ2v) is 6.99. The van der Waals surface area contributed by atoms with Crippen molar-refractivity contribution < 1.29 is 19.4 Å². The van der Waals surface area contributed by atoms with Crippen molar-refractivity contribution in [2.75, 3.05) is 0 Å². The van der Waals surface area contributed by atoms with E-state index < -0.39 is 23.7 Å². The molecule has 20 heavy (non-hydrogen) atoms. The van der Waals surface area contributed by atoms with Gasteiger partial charge in [0.1, 0.15) is 5.60 Å². The highest BCUT2D eigenvalue weighted by molar-refractivity contribution is 7.12. The fourth-order valence-electron chi connectivity index (χ4n) is 1.84. The topological polar surface area (TPSA) is 75.6 Å². The van der Waals surface area contributed by atoms with Gasteiger partial charge >= 0.3 is 12.1 Å². The number of alkyl carbamates (subject to hydrolysis) is 1. The Bertz CT molecular complexity index is 502. The van der Waals surface area contributed by atoms with Crippen LogP contribution in [0.15, 0.2) is 6.07 Å². The highest BCUT2D eigenvalue weighted by atomic mass is 32.1. The maximum Gasteiger partial charge on any atom is 0.408 e. The fourth-order valence-corrected chi connectivity index (χ4v) is 2.93. The molecule has 1 aromatic heterocycles. The molecule has 0 spiro atoms. The molecule has 1 rings (SSSR count). The molecule has 1 heterocycles. The van der Waals surface area contributed by atoms with Crippen molar-refractivity contribution in [1.82, 2.24) is 5.32 Å². The SMILES string of the molecule is Cc1cc(C)c([C@@H](CC(=O)O)NC(=O)OC(C)(C)C)s1. The van der Waals surface area contributed by atoms with Gasteiger partial charge in [-0.15, -0.1) is 11.3 Å². The molecular formula is C14H21NO4S. The summed E-state index contributed by atoms with van der Waals surface area (Å²) in [5.41, 5.74) is 0.368. The quantitative estimate of drug-likeness (QED) is 0.893. The minimum Gasteiger partial charge on any atom is -0.481 e. The van der Waals surface area contributed by atoms with Crippen LogP contribution in [0.25, 0.3) is 0 Å². The smallest absolute Gasteiger partial charge is 0.408 e. The van der Waals surface area contributed by atoms with Crippen LogP contribution in [0.5, 0.6) is 0 Å². The van der Waals surface area contributed by atoms with Gasteiger partial charge in [-0.3, -0.25) is 4.79 Å². The van der Waals surface area contributed by atoms with Crippen LogP contribution in [0, 0.1) is 13.8 Å². The second-order valence-electron chi connectivity index (χ2n) is 5.70. The van der Waals surface area contributed by atoms with E-state index in [-0.39, 0.29) is 6.42 Å². The van der Waals surface area contributed by atoms with Crippen LogP contribution in [0.3, 0.4) is 0 Å². The fraction of sp³-hybridized carbons (Fsp3) is 0.571. The first-order valence-corrected chi connectivity index (χ1v) is 7.18. The van der Waals surface area contributed by atoms with Gasteiger partial charge in [0, 0.05) is 9.75 Å². The van der Waals surface area contributed by atoms with E-state index in [1.54, 1.807) is 20.8 Å². The number of carboxylic acid groups (broad SMARTS) is 1. The van der Waals surface area contributed by atoms with E-state index in [1.165, 1.54) is 11.3 Å². The third-order valence-corrected chi connectivity index (χ3v) is 3.73. The number of aliphatic carboxylic acids is 1. The zero-order valence-electron chi connectivity index (χ0n) is 12.4. The van der Waals surface area contributed by atoms with Crippen LogP contribution in [-0.2, 0) is 9.53 Å². The summed E-state index contributed by atoms with van der Waals surface area (Å²) in [5.74, 6) is -0.962. The summed E-state index contributed by atoms with van der Waals surface area (Å²) < 4.78 is 5.18. The first kappa shape index (κ1) is 16.5. The van der Waals surface area contributed by atoms with Crippen molar-refractivity contribution in [1.29, 1.82) is 0 Å². The highest BCUT2D eigenvalue weighted by Crippen LogP contribution is 2.29. The number of thiophene rings is 1. The van der Waals surface area contributed by atoms with Crippen molar-refractivity contribution in [2.24, 2.45) is 0 Å². The summed E-state index contributed by atoms with van der Waals surface area (Å²) >= 11 is 1.49. The molecule has 0 aromatic carbocycles. The van der Waals surface area contributed by atoms with Crippen molar-refractivity contribution in [3.63, 3.8) is 0 Å². The van der Waals surface area contributed by atoms with Crippen molar-refractivity contribution in [3.8, 4) is 0 Å². The minimum absolute atomic E-state index is 0.167. The summed E-state index contributed by atoms with van der Waals surface area (Å²) in [6.45, 7) is 9.15. The van der Waals surface area contributed by atoms with E-state index in [0.717, 1.165) is 15.3 Å². The number of carbonyl (C=O) groups is 2. The molecule has 0 aliphatic carbocycles. The summed E-state index contributed by atoms with van der Waals surface area (Å²) in [4.78, 5) is 24.7. The molecule has 1 amide bonds. The molecule has 0 fully saturated rings. The van der Waals surface area contributed by atoms with Gasteiger partial charge in [0.2, 0.25) is 0 Å². The average Bonchev–Trinajstić information content (AvgIpc) is 2.53. The van der Waals surface area contributed by atoms with Crippen LogP contribution in [0.1, 0.15) is 48.6 Å². The van der Waals surface area contributed by atoms with Gasteiger partial charge in [-0.1, -0.05) is 0 Å². The van der Waals surface area contributed by atoms with Crippen molar-refractivity contribution >= 4 is 23.4 Å². The maximum absolute atomic E-state index is 11.8. The summed E-state index contributed by atoms with van der Waals surface area (Å²) in [6.07, 6.45) is -0.769. The van der Waals surface area contributed by atoms with E-state index in [1.807, 2.05) is 19.9 Å². The molecular weight excluding hydrogens is 278 g/mol. The number of carbonyl (C=O) groups excluding carboxylic acids is 1. The van der Waals surface area contributed by atoms with Crippen LogP contribution in [0.4, 0.5) is 4.79 Å². The van der Waals surface area contributed by atoms with Gasteiger partial charge in [-0.25, -0.2) is 4.79 Å². The second kappa shape index (κ2) is 6.26. The lowest BCUT2D eigenvalue weighted by Gasteiger charge is -2.23. The Labute approximate surface area is 123 Å². The number of amides is 1. The first-order chi connectivity index (χ1) is 9.08. The van der Waals surface area contributed by atoms with Crippen molar-refractivity contribution in [3.05, 3.63) is 21.4 Å². The molecule has 0 aliphatic rings. The number of rotatable bonds is 4. The number of aryl methyl sites for hydroxylation is 2. The van der Waals surface area contributed by atoms with Gasteiger partial charge in [-0.2, -0.15) is 0 Å². The predicted molar refractivity (Wildman–Crippen MR) is 78.2 cm³/mol. The maximum atomic E-state index is 11.8. The first-order valence-electron chi connectivity index (χ1n) is 6.36. The molecule has 5 nitrogen and oxygen atoms in total. The predicted octanol–water partition coefficient (Wildman–Crippen LogP) is 3.41. The van der Waals surface area contributed by atoms with Gasteiger partial charge in [0.05, 0.1) is 12.5 Å². The molecule has 0 unspecified atom stereocenters. The van der Waals surface area contributed by atoms with Crippen LogP contribution < -0.4 is 5.32 Å². The molecule has 112 valence electrons. The Hall–Kier alpha value is -1.56. The normalized spacial score (nSPS) is 12.8. The van der Waals surface area contributed by atoms with Crippen LogP contribution >= 0.6 is 11.3 Å². The van der Waals surface area contributed by atoms with Gasteiger partial charge in [-0.05, 0) is 46.2 Å². The number of hydrogen-bond acceptors (Lipinski definition) is 4. The zero-order chi connectivity index (χ0) is 15.5. The number of carboxylic acids is 1. The van der Waals surface area contributed by atoms with E-state index in [2.05, 4.69) is 5.32 Å². The van der Waals surface area contributed by atoms with E-state index in [0.29, 0.717) is 0 Å². The third kappa shape index (κ3) is 5.21. The Morgan fingerprint density at radius 1 is 1.40 bits per heavy atom. The molecule has 1 atom stereocenters. The molecule has 6 heteroatoms. The molecule has 0 saturated heterocycles. The average molecular weight is 299 g/mol. The Balaban J connectivity index is 2.88. The minimum atomic E-state index is -0.962. The number of ether oxygens (including phenoxy) is 1. The van der Waals surface area contributed by atoms with Gasteiger partial charge in [0.25, 0.3) is 0 Å². The zero-order valence-corrected chi connectivity index (χ0v) is 13.3. The standard InChI is InChI=1S/C14H21NO4S/c1-8-6-9(2)20-12(8)10(7-11(16)17)15-13(18)19-14(3,4)5/h6,10H,7H2,1-5H3,(H,15,18)(H,16,17)/t10-/m1/s1. The van der Waals surface area contributed by atoms with Gasteiger partial charge in [0.15, 0.2) is 0 Å². The lowest BCUT2D eigenvalue weighted by molar-refractivity contribution is -0.137. The molecule has 2 N–H and O–H groups in total. The van der Waals surface area contributed by atoms with E-state index >= 15 is 0 Å². The molecule has 0 bridgehead atoms. The Kier molecular flexibility index (Phi) is 5.16. The summed E-state index contributed by atoms with van der Waals surface area (Å²) in [6, 6.07) is 1.41. The van der Waals surface area contributed by atoms with Crippen LogP contribution in [-0.4, -0.2) is 22.8 Å².